The van der Waals surface area contributed by atoms with Crippen LogP contribution in [0.4, 0.5) is 10.5 Å². The molecule has 1 heterocycles. The lowest BCUT2D eigenvalue weighted by Gasteiger charge is -2.26. The van der Waals surface area contributed by atoms with Gasteiger partial charge in [-0.2, -0.15) is 0 Å². The molecule has 1 aromatic carbocycles. The van der Waals surface area contributed by atoms with E-state index in [2.05, 4.69) is 10.6 Å². The molecule has 0 radical (unpaired) electrons. The van der Waals surface area contributed by atoms with Crippen LogP contribution in [-0.4, -0.2) is 44.1 Å². The van der Waals surface area contributed by atoms with Crippen molar-refractivity contribution in [3.05, 3.63) is 29.3 Å². The van der Waals surface area contributed by atoms with Crippen LogP contribution in [0.5, 0.6) is 0 Å². The molecule has 0 aromatic heterocycles. The number of halogens is 1. The third-order valence-corrected chi connectivity index (χ3v) is 5.63. The third kappa shape index (κ3) is 5.15. The molecule has 2 N–H and O–H groups in total. The molecule has 122 valence electrons. The normalized spacial score (nSPS) is 17.9. The fraction of sp³-hybridized carbons (Fsp3) is 0.500. The predicted octanol–water partition coefficient (Wildman–Crippen LogP) is 2.28. The van der Waals surface area contributed by atoms with Crippen LogP contribution in [0.3, 0.4) is 0 Å². The second-order valence-electron chi connectivity index (χ2n) is 5.16. The monoisotopic (exact) mass is 345 g/mol. The molecule has 0 spiro atoms. The van der Waals surface area contributed by atoms with Crippen LogP contribution in [0, 0.1) is 0 Å². The van der Waals surface area contributed by atoms with E-state index in [0.717, 1.165) is 12.8 Å². The molecule has 8 heteroatoms. The van der Waals surface area contributed by atoms with E-state index >= 15 is 0 Å². The number of carbonyl (C=O) groups is 1. The first-order valence-corrected chi connectivity index (χ1v) is 9.24. The average Bonchev–Trinajstić information content (AvgIpc) is 2.47. The van der Waals surface area contributed by atoms with Gasteiger partial charge in [-0.1, -0.05) is 11.6 Å². The highest BCUT2D eigenvalue weighted by atomic mass is 35.5. The number of hydrogen-bond donors (Lipinski definition) is 2. The number of nitrogens with one attached hydrogen (secondary N) is 2. The van der Waals surface area contributed by atoms with Crippen molar-refractivity contribution in [2.24, 2.45) is 0 Å². The molecule has 0 saturated carbocycles. The van der Waals surface area contributed by atoms with Gasteiger partial charge in [-0.15, -0.1) is 0 Å². The summed E-state index contributed by atoms with van der Waals surface area (Å²) in [6, 6.07) is 6.49. The molecule has 2 amide bonds. The molecule has 0 atom stereocenters. The zero-order chi connectivity index (χ0) is 16.0. The first kappa shape index (κ1) is 17.1. The molecule has 2 rings (SSSR count). The first-order valence-electron chi connectivity index (χ1n) is 7.26. The van der Waals surface area contributed by atoms with Gasteiger partial charge >= 0.3 is 6.03 Å². The van der Waals surface area contributed by atoms with E-state index in [1.54, 1.807) is 24.3 Å². The van der Waals surface area contributed by atoms with Gasteiger partial charge in [0.2, 0.25) is 10.0 Å². The molecule has 0 unspecified atom stereocenters. The first-order chi connectivity index (χ1) is 10.5. The summed E-state index contributed by atoms with van der Waals surface area (Å²) in [6.45, 7) is 1.45. The summed E-state index contributed by atoms with van der Waals surface area (Å²) in [4.78, 5) is 11.7. The number of sulfonamides is 1. The van der Waals surface area contributed by atoms with E-state index in [9.17, 15) is 13.2 Å². The smallest absolute Gasteiger partial charge is 0.319 e. The van der Waals surface area contributed by atoms with Crippen LogP contribution in [0.1, 0.15) is 19.3 Å². The van der Waals surface area contributed by atoms with Gasteiger partial charge in [-0.25, -0.2) is 17.5 Å². The van der Waals surface area contributed by atoms with Crippen molar-refractivity contribution in [3.8, 4) is 0 Å². The van der Waals surface area contributed by atoms with Crippen molar-refractivity contribution in [1.29, 1.82) is 0 Å². The quantitative estimate of drug-likeness (QED) is 0.803. The van der Waals surface area contributed by atoms with Crippen LogP contribution >= 0.6 is 11.6 Å². The number of nitrogens with zero attached hydrogens (tertiary/aromatic N) is 1. The van der Waals surface area contributed by atoms with E-state index in [0.29, 0.717) is 36.8 Å². The Balaban J connectivity index is 1.68. The van der Waals surface area contributed by atoms with Crippen LogP contribution in [-0.2, 0) is 10.0 Å². The third-order valence-electron chi connectivity index (χ3n) is 3.43. The van der Waals surface area contributed by atoms with Crippen LogP contribution in [0.15, 0.2) is 24.3 Å². The summed E-state index contributed by atoms with van der Waals surface area (Å²) in [7, 11) is -3.08. The van der Waals surface area contributed by atoms with E-state index < -0.39 is 10.0 Å². The van der Waals surface area contributed by atoms with Crippen LogP contribution < -0.4 is 10.6 Å². The highest BCUT2D eigenvalue weighted by Gasteiger charge is 2.24. The average molecular weight is 346 g/mol. The number of rotatable bonds is 5. The Hall–Kier alpha value is -1.31. The van der Waals surface area contributed by atoms with Crippen molar-refractivity contribution in [1.82, 2.24) is 9.62 Å². The Morgan fingerprint density at radius 1 is 1.23 bits per heavy atom. The lowest BCUT2D eigenvalue weighted by molar-refractivity contribution is 0.251. The molecule has 0 aliphatic carbocycles. The second kappa shape index (κ2) is 7.80. The minimum atomic E-state index is -3.08. The Kier molecular flexibility index (Phi) is 6.05. The molecule has 22 heavy (non-hydrogen) atoms. The predicted molar refractivity (Wildman–Crippen MR) is 87.7 cm³/mol. The number of anilines is 1. The molecule has 1 fully saturated rings. The summed E-state index contributed by atoms with van der Waals surface area (Å²) >= 11 is 5.77. The van der Waals surface area contributed by atoms with Gasteiger partial charge in [0, 0.05) is 30.3 Å². The maximum atomic E-state index is 11.8. The summed E-state index contributed by atoms with van der Waals surface area (Å²) < 4.78 is 25.1. The lowest BCUT2D eigenvalue weighted by atomic mass is 10.3. The van der Waals surface area contributed by atoms with E-state index in [4.69, 9.17) is 11.6 Å². The molecule has 1 aliphatic rings. The number of hydrogen-bond acceptors (Lipinski definition) is 3. The van der Waals surface area contributed by atoms with E-state index in [-0.39, 0.29) is 11.8 Å². The number of amides is 2. The van der Waals surface area contributed by atoms with Gasteiger partial charge in [0.1, 0.15) is 0 Å². The number of benzene rings is 1. The Morgan fingerprint density at radius 3 is 2.64 bits per heavy atom. The zero-order valence-electron chi connectivity index (χ0n) is 12.2. The topological polar surface area (TPSA) is 78.5 Å². The maximum Gasteiger partial charge on any atom is 0.319 e. The molecule has 1 aromatic rings. The fourth-order valence-electron chi connectivity index (χ4n) is 2.26. The van der Waals surface area contributed by atoms with Crippen molar-refractivity contribution >= 4 is 33.3 Å². The van der Waals surface area contributed by atoms with E-state index in [1.807, 2.05) is 0 Å². The van der Waals surface area contributed by atoms with Gasteiger partial charge in [-0.3, -0.25) is 0 Å². The number of carbonyl (C=O) groups excluding carboxylic acids is 1. The van der Waals surface area contributed by atoms with Crippen molar-refractivity contribution in [3.63, 3.8) is 0 Å². The van der Waals surface area contributed by atoms with Gasteiger partial charge in [0.25, 0.3) is 0 Å². The second-order valence-corrected chi connectivity index (χ2v) is 7.69. The lowest BCUT2D eigenvalue weighted by Crippen LogP contribution is -2.39. The maximum absolute atomic E-state index is 11.8. The molecule has 1 aliphatic heterocycles. The molecular weight excluding hydrogens is 326 g/mol. The molecule has 6 nitrogen and oxygen atoms in total. The fourth-order valence-corrected chi connectivity index (χ4v) is 4.03. The van der Waals surface area contributed by atoms with Crippen molar-refractivity contribution < 1.29 is 13.2 Å². The van der Waals surface area contributed by atoms with Gasteiger partial charge in [0.05, 0.1) is 5.75 Å². The van der Waals surface area contributed by atoms with Gasteiger partial charge < -0.3 is 10.6 Å². The van der Waals surface area contributed by atoms with E-state index in [1.165, 1.54) is 4.31 Å². The van der Waals surface area contributed by atoms with Crippen molar-refractivity contribution in [2.75, 3.05) is 30.7 Å². The summed E-state index contributed by atoms with van der Waals surface area (Å²) in [5, 5.41) is 6.00. The summed E-state index contributed by atoms with van der Waals surface area (Å²) in [5.74, 6) is 0.234. The molecule has 0 bridgehead atoms. The molecular formula is C14H20ClN3O3S. The standard InChI is InChI=1S/C14H20ClN3O3S/c15-12-4-6-13(7-5-12)17-14(19)16-8-3-10-18-9-1-2-11-22(18,20)21/h4-7H,1-3,8-11H2,(H2,16,17,19). The SMILES string of the molecule is O=C(NCCCN1CCCCS1(=O)=O)Nc1ccc(Cl)cc1. The minimum absolute atomic E-state index is 0.234. The Bertz CT molecular complexity index is 604. The van der Waals surface area contributed by atoms with Crippen molar-refractivity contribution in [2.45, 2.75) is 19.3 Å². The largest absolute Gasteiger partial charge is 0.338 e. The highest BCUT2D eigenvalue weighted by molar-refractivity contribution is 7.89. The van der Waals surface area contributed by atoms with Crippen LogP contribution in [0.25, 0.3) is 0 Å². The minimum Gasteiger partial charge on any atom is -0.338 e. The Morgan fingerprint density at radius 2 is 1.95 bits per heavy atom. The number of urea groups is 1. The zero-order valence-corrected chi connectivity index (χ0v) is 13.8. The summed E-state index contributed by atoms with van der Waals surface area (Å²) in [5.41, 5.74) is 0.653. The Labute approximate surface area is 135 Å². The van der Waals surface area contributed by atoms with Gasteiger partial charge in [0.15, 0.2) is 0 Å². The highest BCUT2D eigenvalue weighted by Crippen LogP contribution is 2.14. The van der Waals surface area contributed by atoms with Gasteiger partial charge in [-0.05, 0) is 43.5 Å². The molecule has 1 saturated heterocycles. The van der Waals surface area contributed by atoms with Crippen LogP contribution in [0.2, 0.25) is 5.02 Å². The summed E-state index contributed by atoms with van der Waals surface area (Å²) in [6.07, 6.45) is 2.23.